The van der Waals surface area contributed by atoms with E-state index in [9.17, 15) is 19.2 Å². The molecule has 0 aliphatic carbocycles. The number of imide groups is 2. The van der Waals surface area contributed by atoms with Gasteiger partial charge in [-0.3, -0.25) is 19.3 Å². The zero-order valence-electron chi connectivity index (χ0n) is 11.6. The van der Waals surface area contributed by atoms with Gasteiger partial charge in [0.2, 0.25) is 5.91 Å². The molecule has 0 unspecified atom stereocenters. The number of carbonyl (C=O) groups is 4. The lowest BCUT2D eigenvalue weighted by atomic mass is 10.1. The molecule has 0 aromatic carbocycles. The molecule has 0 aromatic rings. The smallest absolute Gasteiger partial charge is 0.335 e. The van der Waals surface area contributed by atoms with E-state index in [1.165, 1.54) is 6.08 Å². The molecule has 0 radical (unpaired) electrons. The largest absolute Gasteiger partial charge is 0.351 e. The number of urea groups is 1. The summed E-state index contributed by atoms with van der Waals surface area (Å²) >= 11 is 0. The summed E-state index contributed by atoms with van der Waals surface area (Å²) in [5.74, 6) is -2.34. The van der Waals surface area contributed by atoms with Crippen molar-refractivity contribution in [3.05, 3.63) is 12.7 Å². The second kappa shape index (κ2) is 6.49. The first kappa shape index (κ1) is 15.2. The molecule has 2 saturated heterocycles. The van der Waals surface area contributed by atoms with Crippen LogP contribution in [-0.2, 0) is 14.4 Å². The Morgan fingerprint density at radius 3 is 2.67 bits per heavy atom. The average molecular weight is 294 g/mol. The van der Waals surface area contributed by atoms with Crippen LogP contribution in [0.5, 0.6) is 0 Å². The Morgan fingerprint density at radius 2 is 2.05 bits per heavy atom. The number of carbonyl (C=O) groups excluding carboxylic acids is 4. The number of hydrogen-bond donors (Lipinski definition) is 2. The zero-order chi connectivity index (χ0) is 15.4. The van der Waals surface area contributed by atoms with Gasteiger partial charge in [-0.25, -0.2) is 9.69 Å². The van der Waals surface area contributed by atoms with Crippen LogP contribution in [0.3, 0.4) is 0 Å². The van der Waals surface area contributed by atoms with E-state index in [-0.39, 0.29) is 12.6 Å². The van der Waals surface area contributed by atoms with Gasteiger partial charge in [0.05, 0.1) is 0 Å². The Bertz CT molecular complexity index is 485. The van der Waals surface area contributed by atoms with E-state index in [4.69, 9.17) is 0 Å². The average Bonchev–Trinajstić information content (AvgIpc) is 2.66. The van der Waals surface area contributed by atoms with Crippen LogP contribution < -0.4 is 10.6 Å². The highest BCUT2D eigenvalue weighted by atomic mass is 16.2. The molecule has 21 heavy (non-hydrogen) atoms. The highest BCUT2D eigenvalue weighted by Crippen LogP contribution is 2.11. The van der Waals surface area contributed by atoms with E-state index < -0.39 is 30.3 Å². The third-order valence-electron chi connectivity index (χ3n) is 3.41. The van der Waals surface area contributed by atoms with Crippen LogP contribution in [0, 0.1) is 0 Å². The summed E-state index contributed by atoms with van der Waals surface area (Å²) < 4.78 is 0. The van der Waals surface area contributed by atoms with Crippen molar-refractivity contribution < 1.29 is 19.2 Å². The summed E-state index contributed by atoms with van der Waals surface area (Å²) in [7, 11) is 0. The number of hydrogen-bond acceptors (Lipinski definition) is 5. The number of amides is 5. The van der Waals surface area contributed by atoms with Gasteiger partial charge in [0.1, 0.15) is 6.54 Å². The normalized spacial score (nSPS) is 22.7. The van der Waals surface area contributed by atoms with Gasteiger partial charge in [-0.1, -0.05) is 6.08 Å². The fraction of sp³-hybridized carbons (Fsp3) is 0.538. The first-order valence-corrected chi connectivity index (χ1v) is 6.83. The van der Waals surface area contributed by atoms with Gasteiger partial charge in [-0.05, 0) is 19.4 Å². The first-order chi connectivity index (χ1) is 10.0. The zero-order valence-corrected chi connectivity index (χ0v) is 11.6. The molecule has 1 atom stereocenters. The SMILES string of the molecule is C=CCN1C(=O)C(=O)N(CC(=O)N[C@H]2CCCNC2)C1=O. The van der Waals surface area contributed by atoms with E-state index in [0.717, 1.165) is 24.3 Å². The molecule has 2 N–H and O–H groups in total. The minimum absolute atomic E-state index is 0.0148. The fourth-order valence-electron chi connectivity index (χ4n) is 2.37. The molecule has 0 aromatic heterocycles. The number of rotatable bonds is 5. The monoisotopic (exact) mass is 294 g/mol. The van der Waals surface area contributed by atoms with Crippen molar-refractivity contribution in [1.82, 2.24) is 20.4 Å². The van der Waals surface area contributed by atoms with Crippen LogP contribution in [0.25, 0.3) is 0 Å². The van der Waals surface area contributed by atoms with E-state index in [1.54, 1.807) is 0 Å². The van der Waals surface area contributed by atoms with Crippen molar-refractivity contribution in [2.45, 2.75) is 18.9 Å². The maximum atomic E-state index is 11.9. The molecule has 8 nitrogen and oxygen atoms in total. The Balaban J connectivity index is 1.93. The van der Waals surface area contributed by atoms with Crippen LogP contribution in [-0.4, -0.2) is 65.8 Å². The second-order valence-electron chi connectivity index (χ2n) is 4.99. The lowest BCUT2D eigenvalue weighted by molar-refractivity contribution is -0.143. The van der Waals surface area contributed by atoms with E-state index in [2.05, 4.69) is 17.2 Å². The molecule has 114 valence electrons. The summed E-state index contributed by atoms with van der Waals surface area (Å²) in [6.07, 6.45) is 3.15. The minimum Gasteiger partial charge on any atom is -0.351 e. The molecule has 0 spiro atoms. The molecule has 2 rings (SSSR count). The first-order valence-electron chi connectivity index (χ1n) is 6.83. The molecule has 2 aliphatic heterocycles. The van der Waals surface area contributed by atoms with Gasteiger partial charge >= 0.3 is 17.8 Å². The van der Waals surface area contributed by atoms with Crippen LogP contribution in [0.2, 0.25) is 0 Å². The van der Waals surface area contributed by atoms with Gasteiger partial charge in [0.25, 0.3) is 0 Å². The molecule has 0 bridgehead atoms. The Hall–Kier alpha value is -2.22. The quantitative estimate of drug-likeness (QED) is 0.378. The van der Waals surface area contributed by atoms with Crippen LogP contribution in [0.1, 0.15) is 12.8 Å². The van der Waals surface area contributed by atoms with Crippen molar-refractivity contribution in [2.75, 3.05) is 26.2 Å². The van der Waals surface area contributed by atoms with Crippen molar-refractivity contribution in [2.24, 2.45) is 0 Å². The van der Waals surface area contributed by atoms with E-state index >= 15 is 0 Å². The predicted octanol–water partition coefficient (Wildman–Crippen LogP) is -1.17. The summed E-state index contributed by atoms with van der Waals surface area (Å²) in [5, 5.41) is 5.90. The number of nitrogens with one attached hydrogen (secondary N) is 2. The van der Waals surface area contributed by atoms with Crippen LogP contribution in [0.4, 0.5) is 4.79 Å². The Labute approximate surface area is 122 Å². The van der Waals surface area contributed by atoms with Crippen molar-refractivity contribution >= 4 is 23.8 Å². The molecule has 2 aliphatic rings. The highest BCUT2D eigenvalue weighted by Gasteiger charge is 2.44. The lowest BCUT2D eigenvalue weighted by Gasteiger charge is -2.24. The molecule has 2 fully saturated rings. The van der Waals surface area contributed by atoms with Crippen LogP contribution in [0.15, 0.2) is 12.7 Å². The summed E-state index contributed by atoms with van der Waals surface area (Å²) in [5.41, 5.74) is 0. The van der Waals surface area contributed by atoms with Crippen LogP contribution >= 0.6 is 0 Å². The highest BCUT2D eigenvalue weighted by molar-refractivity contribution is 6.45. The summed E-state index contributed by atoms with van der Waals surface area (Å²) in [6, 6.07) is -0.791. The summed E-state index contributed by atoms with van der Waals surface area (Å²) in [6.45, 7) is 4.51. The molecule has 0 saturated carbocycles. The summed E-state index contributed by atoms with van der Waals surface area (Å²) in [4.78, 5) is 48.6. The van der Waals surface area contributed by atoms with Crippen molar-refractivity contribution in [1.29, 1.82) is 0 Å². The van der Waals surface area contributed by atoms with Gasteiger partial charge in [-0.15, -0.1) is 6.58 Å². The van der Waals surface area contributed by atoms with Crippen molar-refractivity contribution in [3.63, 3.8) is 0 Å². The predicted molar refractivity (Wildman–Crippen MR) is 73.1 cm³/mol. The Morgan fingerprint density at radius 1 is 1.33 bits per heavy atom. The molecule has 2 heterocycles. The maximum absolute atomic E-state index is 11.9. The third-order valence-corrected chi connectivity index (χ3v) is 3.41. The van der Waals surface area contributed by atoms with Gasteiger partial charge < -0.3 is 10.6 Å². The standard InChI is InChI=1S/C13H18N4O4/c1-2-6-16-11(19)12(20)17(13(16)21)8-10(18)15-9-4-3-5-14-7-9/h2,9,14H,1,3-8H2,(H,15,18)/t9-/m0/s1. The van der Waals surface area contributed by atoms with Gasteiger partial charge in [0, 0.05) is 19.1 Å². The fourth-order valence-corrected chi connectivity index (χ4v) is 2.37. The number of nitrogens with zero attached hydrogens (tertiary/aromatic N) is 2. The lowest BCUT2D eigenvalue weighted by Crippen LogP contribution is -2.49. The van der Waals surface area contributed by atoms with Crippen molar-refractivity contribution in [3.8, 4) is 0 Å². The minimum atomic E-state index is -0.973. The van der Waals surface area contributed by atoms with Gasteiger partial charge in [-0.2, -0.15) is 0 Å². The maximum Gasteiger partial charge on any atom is 0.335 e. The van der Waals surface area contributed by atoms with E-state index in [1.807, 2.05) is 0 Å². The number of piperidine rings is 1. The molecule has 8 heteroatoms. The van der Waals surface area contributed by atoms with E-state index in [0.29, 0.717) is 11.4 Å². The molecular weight excluding hydrogens is 276 g/mol. The molecular formula is C13H18N4O4. The topological polar surface area (TPSA) is 98.8 Å². The molecule has 5 amide bonds. The van der Waals surface area contributed by atoms with Gasteiger partial charge in [0.15, 0.2) is 0 Å². The third kappa shape index (κ3) is 3.27. The second-order valence-corrected chi connectivity index (χ2v) is 4.99. The Kier molecular flexibility index (Phi) is 4.69.